The van der Waals surface area contributed by atoms with Crippen molar-refractivity contribution >= 4 is 5.91 Å². The van der Waals surface area contributed by atoms with Crippen LogP contribution in [0.25, 0.3) is 0 Å². The van der Waals surface area contributed by atoms with E-state index in [2.05, 4.69) is 5.32 Å². The molecule has 0 heterocycles. The zero-order valence-electron chi connectivity index (χ0n) is 9.57. The van der Waals surface area contributed by atoms with E-state index in [1.807, 2.05) is 13.8 Å². The third kappa shape index (κ3) is 3.47. The highest BCUT2D eigenvalue weighted by molar-refractivity contribution is 5.80. The normalized spacial score (nSPS) is 29.1. The number of rotatable bonds is 4. The summed E-state index contributed by atoms with van der Waals surface area (Å²) in [4.78, 5) is 11.2. The highest BCUT2D eigenvalue weighted by atomic mass is 16.3. The number of carbonyl (C=O) groups excluding carboxylic acids is 1. The van der Waals surface area contributed by atoms with Gasteiger partial charge in [0.1, 0.15) is 0 Å². The molecular formula is C11H22N2O2. The van der Waals surface area contributed by atoms with Gasteiger partial charge in [0.25, 0.3) is 0 Å². The van der Waals surface area contributed by atoms with Gasteiger partial charge in [0.15, 0.2) is 0 Å². The van der Waals surface area contributed by atoms with Crippen molar-refractivity contribution in [3.63, 3.8) is 0 Å². The molecule has 88 valence electrons. The lowest BCUT2D eigenvalue weighted by atomic mass is 9.90. The molecule has 0 saturated heterocycles. The lowest BCUT2D eigenvalue weighted by Crippen LogP contribution is -2.53. The van der Waals surface area contributed by atoms with Crippen LogP contribution in [0.3, 0.4) is 0 Å². The largest absolute Gasteiger partial charge is 0.392 e. The van der Waals surface area contributed by atoms with Crippen molar-refractivity contribution < 1.29 is 9.90 Å². The summed E-state index contributed by atoms with van der Waals surface area (Å²) in [5, 5.41) is 12.9. The topological polar surface area (TPSA) is 75.3 Å². The standard InChI is InChI=1S/C11H22N2O2/c1-7(2)10(11(12)15)13-8-5-3-4-6-9(8)14/h7-10,13-14H,3-6H2,1-2H3,(H2,12,15). The summed E-state index contributed by atoms with van der Waals surface area (Å²) in [6, 6.07) is -0.304. The van der Waals surface area contributed by atoms with Crippen LogP contribution in [0, 0.1) is 5.92 Å². The summed E-state index contributed by atoms with van der Waals surface area (Å²) < 4.78 is 0. The molecule has 0 aromatic heterocycles. The van der Waals surface area contributed by atoms with Gasteiger partial charge in [0, 0.05) is 6.04 Å². The minimum atomic E-state index is -0.334. The number of nitrogens with two attached hydrogens (primary N) is 1. The SMILES string of the molecule is CC(C)C(NC1CCCCC1O)C(N)=O. The zero-order valence-corrected chi connectivity index (χ0v) is 9.57. The Bertz CT molecular complexity index is 219. The second kappa shape index (κ2) is 5.47. The quantitative estimate of drug-likeness (QED) is 0.633. The van der Waals surface area contributed by atoms with E-state index in [0.29, 0.717) is 0 Å². The Balaban J connectivity index is 2.52. The van der Waals surface area contributed by atoms with Gasteiger partial charge in [-0.2, -0.15) is 0 Å². The van der Waals surface area contributed by atoms with Crippen LogP contribution in [0.2, 0.25) is 0 Å². The Morgan fingerprint density at radius 2 is 2.00 bits per heavy atom. The molecule has 4 N–H and O–H groups in total. The van der Waals surface area contributed by atoms with Crippen LogP contribution in [0.5, 0.6) is 0 Å². The van der Waals surface area contributed by atoms with Crippen molar-refractivity contribution in [2.75, 3.05) is 0 Å². The summed E-state index contributed by atoms with van der Waals surface area (Å²) in [6.45, 7) is 3.91. The van der Waals surface area contributed by atoms with Crippen LogP contribution in [0.15, 0.2) is 0 Å². The lowest BCUT2D eigenvalue weighted by molar-refractivity contribution is -0.121. The summed E-state index contributed by atoms with van der Waals surface area (Å²) in [7, 11) is 0. The van der Waals surface area contributed by atoms with Crippen LogP contribution in [0.1, 0.15) is 39.5 Å². The number of primary amides is 1. The fourth-order valence-corrected chi connectivity index (χ4v) is 2.14. The first-order chi connectivity index (χ1) is 7.02. The minimum Gasteiger partial charge on any atom is -0.392 e. The molecule has 1 aliphatic carbocycles. The Morgan fingerprint density at radius 3 is 2.47 bits per heavy atom. The lowest BCUT2D eigenvalue weighted by Gasteiger charge is -2.32. The first kappa shape index (κ1) is 12.5. The third-order valence-corrected chi connectivity index (χ3v) is 3.10. The van der Waals surface area contributed by atoms with Gasteiger partial charge in [0.05, 0.1) is 12.1 Å². The molecule has 0 aromatic rings. The predicted octanol–water partition coefficient (Wildman–Crippen LogP) is 0.389. The molecule has 15 heavy (non-hydrogen) atoms. The maximum absolute atomic E-state index is 11.2. The van der Waals surface area contributed by atoms with E-state index in [1.165, 1.54) is 0 Å². The average molecular weight is 214 g/mol. The van der Waals surface area contributed by atoms with Crippen molar-refractivity contribution in [2.45, 2.75) is 57.7 Å². The van der Waals surface area contributed by atoms with E-state index in [9.17, 15) is 9.90 Å². The molecule has 0 spiro atoms. The predicted molar refractivity (Wildman–Crippen MR) is 59.2 cm³/mol. The molecule has 3 atom stereocenters. The zero-order chi connectivity index (χ0) is 11.4. The molecule has 0 aliphatic heterocycles. The fourth-order valence-electron chi connectivity index (χ4n) is 2.14. The Kier molecular flexibility index (Phi) is 4.54. The molecular weight excluding hydrogens is 192 g/mol. The first-order valence-corrected chi connectivity index (χ1v) is 5.75. The summed E-state index contributed by atoms with van der Waals surface area (Å²) in [6.07, 6.45) is 3.60. The molecule has 3 unspecified atom stereocenters. The second-order valence-electron chi connectivity index (χ2n) is 4.75. The van der Waals surface area contributed by atoms with Gasteiger partial charge in [-0.15, -0.1) is 0 Å². The number of hydrogen-bond donors (Lipinski definition) is 3. The fraction of sp³-hybridized carbons (Fsp3) is 0.909. The van der Waals surface area contributed by atoms with Crippen molar-refractivity contribution in [1.82, 2.24) is 5.32 Å². The Hall–Kier alpha value is -0.610. The van der Waals surface area contributed by atoms with Gasteiger partial charge in [-0.3, -0.25) is 4.79 Å². The average Bonchev–Trinajstić information content (AvgIpc) is 2.15. The van der Waals surface area contributed by atoms with Crippen molar-refractivity contribution in [2.24, 2.45) is 11.7 Å². The highest BCUT2D eigenvalue weighted by Gasteiger charge is 2.28. The van der Waals surface area contributed by atoms with Crippen LogP contribution in [-0.4, -0.2) is 29.2 Å². The van der Waals surface area contributed by atoms with Crippen molar-refractivity contribution in [1.29, 1.82) is 0 Å². The second-order valence-corrected chi connectivity index (χ2v) is 4.75. The van der Waals surface area contributed by atoms with E-state index >= 15 is 0 Å². The van der Waals surface area contributed by atoms with Gasteiger partial charge in [-0.05, 0) is 18.8 Å². The van der Waals surface area contributed by atoms with E-state index < -0.39 is 0 Å². The van der Waals surface area contributed by atoms with E-state index in [-0.39, 0.29) is 30.0 Å². The van der Waals surface area contributed by atoms with Crippen LogP contribution in [0.4, 0.5) is 0 Å². The first-order valence-electron chi connectivity index (χ1n) is 5.75. The molecule has 1 saturated carbocycles. The molecule has 1 aliphatic rings. The summed E-state index contributed by atoms with van der Waals surface area (Å²) >= 11 is 0. The number of aliphatic hydroxyl groups is 1. The van der Waals surface area contributed by atoms with Crippen molar-refractivity contribution in [3.05, 3.63) is 0 Å². The summed E-state index contributed by atoms with van der Waals surface area (Å²) in [5.74, 6) is -0.167. The Labute approximate surface area is 91.2 Å². The highest BCUT2D eigenvalue weighted by Crippen LogP contribution is 2.19. The number of aliphatic hydroxyl groups excluding tert-OH is 1. The maximum atomic E-state index is 11.2. The number of amides is 1. The number of nitrogens with one attached hydrogen (secondary N) is 1. The number of hydrogen-bond acceptors (Lipinski definition) is 3. The minimum absolute atomic E-state index is 0.0265. The van der Waals surface area contributed by atoms with Gasteiger partial charge in [-0.25, -0.2) is 0 Å². The molecule has 0 radical (unpaired) electrons. The van der Waals surface area contributed by atoms with Crippen LogP contribution in [-0.2, 0) is 4.79 Å². The Morgan fingerprint density at radius 1 is 1.40 bits per heavy atom. The molecule has 0 aromatic carbocycles. The van der Waals surface area contributed by atoms with Crippen molar-refractivity contribution in [3.8, 4) is 0 Å². The monoisotopic (exact) mass is 214 g/mol. The molecule has 0 bridgehead atoms. The third-order valence-electron chi connectivity index (χ3n) is 3.10. The molecule has 4 heteroatoms. The van der Waals surface area contributed by atoms with Gasteiger partial charge in [0.2, 0.25) is 5.91 Å². The van der Waals surface area contributed by atoms with Gasteiger partial charge >= 0.3 is 0 Å². The molecule has 1 fully saturated rings. The number of carbonyl (C=O) groups is 1. The maximum Gasteiger partial charge on any atom is 0.234 e. The molecule has 4 nitrogen and oxygen atoms in total. The summed E-state index contributed by atoms with van der Waals surface area (Å²) in [5.41, 5.74) is 5.32. The van der Waals surface area contributed by atoms with E-state index in [0.717, 1.165) is 25.7 Å². The van der Waals surface area contributed by atoms with Gasteiger partial charge in [-0.1, -0.05) is 26.7 Å². The van der Waals surface area contributed by atoms with Crippen LogP contribution >= 0.6 is 0 Å². The molecule has 1 rings (SSSR count). The van der Waals surface area contributed by atoms with Crippen LogP contribution < -0.4 is 11.1 Å². The van der Waals surface area contributed by atoms with E-state index in [4.69, 9.17) is 5.73 Å². The smallest absolute Gasteiger partial charge is 0.234 e. The molecule has 1 amide bonds. The van der Waals surface area contributed by atoms with Gasteiger partial charge < -0.3 is 16.2 Å². The van der Waals surface area contributed by atoms with E-state index in [1.54, 1.807) is 0 Å².